The van der Waals surface area contributed by atoms with E-state index >= 15 is 0 Å². The molecule has 0 atom stereocenters. The van der Waals surface area contributed by atoms with Gasteiger partial charge in [0.15, 0.2) is 0 Å². The Bertz CT molecular complexity index is 766. The molecule has 1 aliphatic rings. The van der Waals surface area contributed by atoms with Crippen LogP contribution in [0.2, 0.25) is 0 Å². The van der Waals surface area contributed by atoms with Gasteiger partial charge in [-0.1, -0.05) is 19.1 Å². The molecular weight excluding hydrogens is 361 g/mol. The summed E-state index contributed by atoms with van der Waals surface area (Å²) >= 11 is 0. The first-order chi connectivity index (χ1) is 12.8. The standard InChI is InChI=1S/C18H21F3N4O2/c1-2-12-3-5-14(6-4-12)22-15(26)11-25-9-7-13(8-10-25)16-23-24-17(27-16)18(19,20)21/h3-6,13H,2,7-11H2,1H3,(H,22,26). The van der Waals surface area contributed by atoms with Crippen LogP contribution in [0.1, 0.15) is 43.0 Å². The zero-order valence-electron chi connectivity index (χ0n) is 14.9. The van der Waals surface area contributed by atoms with Crippen LogP contribution in [-0.4, -0.2) is 40.6 Å². The van der Waals surface area contributed by atoms with Crippen molar-refractivity contribution in [3.05, 3.63) is 41.6 Å². The number of halogens is 3. The van der Waals surface area contributed by atoms with E-state index < -0.39 is 12.1 Å². The van der Waals surface area contributed by atoms with Crippen molar-refractivity contribution in [2.24, 2.45) is 0 Å². The number of piperidine rings is 1. The van der Waals surface area contributed by atoms with Gasteiger partial charge in [-0.2, -0.15) is 13.2 Å². The van der Waals surface area contributed by atoms with E-state index in [0.29, 0.717) is 25.9 Å². The predicted molar refractivity (Wildman–Crippen MR) is 92.2 cm³/mol. The summed E-state index contributed by atoms with van der Waals surface area (Å²) in [5.74, 6) is -1.62. The lowest BCUT2D eigenvalue weighted by molar-refractivity contribution is -0.157. The lowest BCUT2D eigenvalue weighted by Gasteiger charge is -2.29. The van der Waals surface area contributed by atoms with E-state index in [4.69, 9.17) is 4.42 Å². The fourth-order valence-corrected chi connectivity index (χ4v) is 3.08. The van der Waals surface area contributed by atoms with Gasteiger partial charge in [0, 0.05) is 11.6 Å². The van der Waals surface area contributed by atoms with Gasteiger partial charge in [-0.05, 0) is 50.0 Å². The molecule has 0 spiro atoms. The Morgan fingerprint density at radius 1 is 1.22 bits per heavy atom. The third-order valence-electron chi connectivity index (χ3n) is 4.63. The Kier molecular flexibility index (Phi) is 5.79. The molecule has 1 saturated heterocycles. The quantitative estimate of drug-likeness (QED) is 0.857. The number of alkyl halides is 3. The van der Waals surface area contributed by atoms with Crippen molar-refractivity contribution < 1.29 is 22.4 Å². The second kappa shape index (κ2) is 8.08. The predicted octanol–water partition coefficient (Wildman–Crippen LogP) is 3.47. The number of carbonyl (C=O) groups is 1. The average Bonchev–Trinajstić information content (AvgIpc) is 3.13. The highest BCUT2D eigenvalue weighted by Crippen LogP contribution is 2.32. The summed E-state index contributed by atoms with van der Waals surface area (Å²) in [7, 11) is 0. The van der Waals surface area contributed by atoms with Crippen molar-refractivity contribution in [1.82, 2.24) is 15.1 Å². The molecule has 1 aromatic carbocycles. The maximum absolute atomic E-state index is 12.5. The maximum Gasteiger partial charge on any atom is 0.470 e. The number of hydrogen-bond acceptors (Lipinski definition) is 5. The van der Waals surface area contributed by atoms with Crippen LogP contribution in [0.3, 0.4) is 0 Å². The van der Waals surface area contributed by atoms with Crippen LogP contribution in [0.25, 0.3) is 0 Å². The molecule has 3 rings (SSSR count). The van der Waals surface area contributed by atoms with E-state index in [2.05, 4.69) is 22.4 Å². The van der Waals surface area contributed by atoms with Crippen LogP contribution in [0.4, 0.5) is 18.9 Å². The third-order valence-corrected chi connectivity index (χ3v) is 4.63. The number of nitrogens with one attached hydrogen (secondary N) is 1. The van der Waals surface area contributed by atoms with Crippen LogP contribution < -0.4 is 5.32 Å². The summed E-state index contributed by atoms with van der Waals surface area (Å²) in [6.07, 6.45) is -2.55. The van der Waals surface area contributed by atoms with Gasteiger partial charge < -0.3 is 9.73 Å². The van der Waals surface area contributed by atoms with Crippen molar-refractivity contribution in [2.45, 2.75) is 38.3 Å². The van der Waals surface area contributed by atoms with Crippen LogP contribution in [-0.2, 0) is 17.4 Å². The monoisotopic (exact) mass is 382 g/mol. The Balaban J connectivity index is 1.47. The lowest BCUT2D eigenvalue weighted by Crippen LogP contribution is -2.38. The van der Waals surface area contributed by atoms with E-state index in [1.54, 1.807) is 0 Å². The van der Waals surface area contributed by atoms with Crippen molar-refractivity contribution in [3.63, 3.8) is 0 Å². The number of amides is 1. The number of likely N-dealkylation sites (tertiary alicyclic amines) is 1. The van der Waals surface area contributed by atoms with E-state index in [-0.39, 0.29) is 24.3 Å². The van der Waals surface area contributed by atoms with Crippen LogP contribution in [0.15, 0.2) is 28.7 Å². The highest BCUT2D eigenvalue weighted by atomic mass is 19.4. The molecular formula is C18H21F3N4O2. The molecule has 27 heavy (non-hydrogen) atoms. The molecule has 1 N–H and O–H groups in total. The fourth-order valence-electron chi connectivity index (χ4n) is 3.08. The minimum absolute atomic E-state index is 0.0161. The van der Waals surface area contributed by atoms with Gasteiger partial charge in [0.05, 0.1) is 6.54 Å². The van der Waals surface area contributed by atoms with Crippen molar-refractivity contribution in [3.8, 4) is 0 Å². The van der Waals surface area contributed by atoms with Gasteiger partial charge in [-0.25, -0.2) is 0 Å². The molecule has 0 aliphatic carbocycles. The molecule has 1 amide bonds. The average molecular weight is 382 g/mol. The minimum Gasteiger partial charge on any atom is -0.417 e. The summed E-state index contributed by atoms with van der Waals surface area (Å²) in [4.78, 5) is 14.1. The highest BCUT2D eigenvalue weighted by molar-refractivity contribution is 5.92. The van der Waals surface area contributed by atoms with Crippen molar-refractivity contribution in [1.29, 1.82) is 0 Å². The topological polar surface area (TPSA) is 71.3 Å². The summed E-state index contributed by atoms with van der Waals surface area (Å²) < 4.78 is 42.4. The van der Waals surface area contributed by atoms with Crippen LogP contribution >= 0.6 is 0 Å². The molecule has 0 bridgehead atoms. The molecule has 1 fully saturated rings. The van der Waals surface area contributed by atoms with Crippen molar-refractivity contribution in [2.75, 3.05) is 25.0 Å². The number of anilines is 1. The van der Waals surface area contributed by atoms with Gasteiger partial charge in [0.1, 0.15) is 0 Å². The molecule has 1 aromatic heterocycles. The Morgan fingerprint density at radius 2 is 1.89 bits per heavy atom. The Labute approximate surface area is 154 Å². The molecule has 0 radical (unpaired) electrons. The first-order valence-corrected chi connectivity index (χ1v) is 8.87. The van der Waals surface area contributed by atoms with Crippen molar-refractivity contribution >= 4 is 11.6 Å². The molecule has 2 heterocycles. The first kappa shape index (κ1) is 19.3. The van der Waals surface area contributed by atoms with Crippen LogP contribution in [0.5, 0.6) is 0 Å². The second-order valence-electron chi connectivity index (χ2n) is 6.59. The third kappa shape index (κ3) is 5.06. The fraction of sp³-hybridized carbons (Fsp3) is 0.500. The van der Waals surface area contributed by atoms with E-state index in [1.165, 1.54) is 5.56 Å². The second-order valence-corrected chi connectivity index (χ2v) is 6.59. The van der Waals surface area contributed by atoms with E-state index in [9.17, 15) is 18.0 Å². The number of carbonyl (C=O) groups excluding carboxylic acids is 1. The van der Waals surface area contributed by atoms with E-state index in [1.807, 2.05) is 29.2 Å². The first-order valence-electron chi connectivity index (χ1n) is 8.87. The number of benzene rings is 1. The number of nitrogens with zero attached hydrogens (tertiary/aromatic N) is 3. The molecule has 2 aromatic rings. The minimum atomic E-state index is -4.63. The number of hydrogen-bond donors (Lipinski definition) is 1. The van der Waals surface area contributed by atoms with Gasteiger partial charge in [-0.3, -0.25) is 9.69 Å². The van der Waals surface area contributed by atoms with Gasteiger partial charge in [-0.15, -0.1) is 10.2 Å². The molecule has 0 unspecified atom stereocenters. The molecule has 9 heteroatoms. The molecule has 0 saturated carbocycles. The molecule has 146 valence electrons. The molecule has 6 nitrogen and oxygen atoms in total. The number of aromatic nitrogens is 2. The maximum atomic E-state index is 12.5. The Hall–Kier alpha value is -2.42. The van der Waals surface area contributed by atoms with Gasteiger partial charge in [0.2, 0.25) is 11.8 Å². The Morgan fingerprint density at radius 3 is 2.44 bits per heavy atom. The summed E-state index contributed by atoms with van der Waals surface area (Å²) in [6.45, 7) is 3.46. The largest absolute Gasteiger partial charge is 0.470 e. The zero-order valence-corrected chi connectivity index (χ0v) is 14.9. The highest BCUT2D eigenvalue weighted by Gasteiger charge is 2.39. The zero-order chi connectivity index (χ0) is 19.4. The normalized spacial score (nSPS) is 16.4. The van der Waals surface area contributed by atoms with Gasteiger partial charge >= 0.3 is 12.1 Å². The molecule has 1 aliphatic heterocycles. The lowest BCUT2D eigenvalue weighted by atomic mass is 9.97. The number of aryl methyl sites for hydroxylation is 1. The SMILES string of the molecule is CCc1ccc(NC(=O)CN2CCC(c3nnc(C(F)(F)F)o3)CC2)cc1. The summed E-state index contributed by atoms with van der Waals surface area (Å²) in [5.41, 5.74) is 1.95. The smallest absolute Gasteiger partial charge is 0.417 e. The van der Waals surface area contributed by atoms with Gasteiger partial charge in [0.25, 0.3) is 0 Å². The van der Waals surface area contributed by atoms with Crippen LogP contribution in [0, 0.1) is 0 Å². The summed E-state index contributed by atoms with van der Waals surface area (Å²) in [6, 6.07) is 7.69. The van der Waals surface area contributed by atoms with E-state index in [0.717, 1.165) is 12.1 Å². The number of rotatable bonds is 5. The summed E-state index contributed by atoms with van der Waals surface area (Å²) in [5, 5.41) is 9.45.